The molecule has 156 valence electrons. The molecule has 1 amide bonds. The Morgan fingerprint density at radius 2 is 1.97 bits per heavy atom. The summed E-state index contributed by atoms with van der Waals surface area (Å²) in [7, 11) is 0. The monoisotopic (exact) mass is 414 g/mol. The van der Waals surface area contributed by atoms with Crippen LogP contribution in [0.2, 0.25) is 0 Å². The zero-order valence-electron chi connectivity index (χ0n) is 17.1. The van der Waals surface area contributed by atoms with Crippen molar-refractivity contribution in [1.82, 2.24) is 20.1 Å². The smallest absolute Gasteiger partial charge is 0.230 e. The third-order valence-corrected chi connectivity index (χ3v) is 6.01. The number of hydrogen-bond acceptors (Lipinski definition) is 5. The van der Waals surface area contributed by atoms with Gasteiger partial charge in [0.2, 0.25) is 5.91 Å². The van der Waals surface area contributed by atoms with Crippen molar-refractivity contribution < 1.29 is 9.53 Å². The fourth-order valence-corrected chi connectivity index (χ4v) is 4.23. The summed E-state index contributed by atoms with van der Waals surface area (Å²) in [4.78, 5) is 12.4. The first-order chi connectivity index (χ1) is 14.2. The summed E-state index contributed by atoms with van der Waals surface area (Å²) in [5, 5.41) is 12.4. The van der Waals surface area contributed by atoms with Gasteiger partial charge in [0.15, 0.2) is 11.0 Å². The van der Waals surface area contributed by atoms with Crippen LogP contribution in [0.3, 0.4) is 0 Å². The van der Waals surface area contributed by atoms with E-state index in [4.69, 9.17) is 4.74 Å². The number of aryl methyl sites for hydroxylation is 1. The summed E-state index contributed by atoms with van der Waals surface area (Å²) in [6, 6.07) is 8.22. The van der Waals surface area contributed by atoms with Crippen LogP contribution in [0.1, 0.15) is 49.9 Å². The van der Waals surface area contributed by atoms with Crippen LogP contribution in [0.5, 0.6) is 5.75 Å². The number of nitrogens with one attached hydrogen (secondary N) is 1. The van der Waals surface area contributed by atoms with Gasteiger partial charge in [-0.1, -0.05) is 61.2 Å². The number of carbonyl (C=O) groups is 1. The molecular formula is C22H30N4O2S. The summed E-state index contributed by atoms with van der Waals surface area (Å²) >= 11 is 1.41. The van der Waals surface area contributed by atoms with Crippen molar-refractivity contribution in [3.8, 4) is 5.75 Å². The van der Waals surface area contributed by atoms with E-state index >= 15 is 0 Å². The molecule has 7 heteroatoms. The van der Waals surface area contributed by atoms with E-state index in [-0.39, 0.29) is 5.91 Å². The first kappa shape index (κ1) is 21.4. The van der Waals surface area contributed by atoms with Crippen LogP contribution >= 0.6 is 11.8 Å². The molecule has 1 heterocycles. The van der Waals surface area contributed by atoms with Gasteiger partial charge < -0.3 is 10.1 Å². The molecule has 0 aliphatic heterocycles. The topological polar surface area (TPSA) is 69.0 Å². The Labute approximate surface area is 177 Å². The highest BCUT2D eigenvalue weighted by Crippen LogP contribution is 2.20. The Morgan fingerprint density at radius 3 is 2.66 bits per heavy atom. The standard InChI is InChI=1S/C22H30N4O2S/c1-3-14-26-20(15-28-19-12-10-17(2)11-13-19)24-25-22(26)29-16-21(27)23-18-8-6-4-5-7-9-18/h3,10-13,18H,1,4-9,14-16H2,2H3,(H,23,27). The van der Waals surface area contributed by atoms with Gasteiger partial charge in [-0.15, -0.1) is 16.8 Å². The van der Waals surface area contributed by atoms with Crippen LogP contribution in [0, 0.1) is 6.92 Å². The third kappa shape index (κ3) is 6.63. The number of thioether (sulfide) groups is 1. The van der Waals surface area contributed by atoms with Crippen LogP contribution in [0.25, 0.3) is 0 Å². The molecule has 29 heavy (non-hydrogen) atoms. The second-order valence-corrected chi connectivity index (χ2v) is 8.39. The molecule has 0 spiro atoms. The molecule has 1 aliphatic carbocycles. The second kappa shape index (κ2) is 11.0. The zero-order valence-corrected chi connectivity index (χ0v) is 17.9. The van der Waals surface area contributed by atoms with E-state index in [0.717, 1.165) is 24.4 Å². The van der Waals surface area contributed by atoms with Gasteiger partial charge in [0, 0.05) is 12.6 Å². The van der Waals surface area contributed by atoms with Crippen LogP contribution in [-0.4, -0.2) is 32.5 Å². The minimum atomic E-state index is 0.0625. The number of amides is 1. The van der Waals surface area contributed by atoms with E-state index in [1.165, 1.54) is 43.0 Å². The minimum absolute atomic E-state index is 0.0625. The Kier molecular flexibility index (Phi) is 8.16. The fraction of sp³-hybridized carbons (Fsp3) is 0.500. The molecule has 3 rings (SSSR count). The van der Waals surface area contributed by atoms with Crippen molar-refractivity contribution >= 4 is 17.7 Å². The van der Waals surface area contributed by atoms with Gasteiger partial charge in [-0.05, 0) is 31.9 Å². The number of benzene rings is 1. The molecule has 0 unspecified atom stereocenters. The summed E-state index contributed by atoms with van der Waals surface area (Å²) in [5.74, 6) is 1.91. The van der Waals surface area contributed by atoms with Gasteiger partial charge >= 0.3 is 0 Å². The highest BCUT2D eigenvalue weighted by molar-refractivity contribution is 7.99. The van der Waals surface area contributed by atoms with E-state index < -0.39 is 0 Å². The maximum atomic E-state index is 12.4. The molecule has 2 aromatic rings. The lowest BCUT2D eigenvalue weighted by molar-refractivity contribution is -0.119. The lowest BCUT2D eigenvalue weighted by atomic mass is 10.1. The molecular weight excluding hydrogens is 384 g/mol. The molecule has 1 fully saturated rings. The Hall–Kier alpha value is -2.28. The normalized spacial score (nSPS) is 14.9. The fourth-order valence-electron chi connectivity index (χ4n) is 3.45. The first-order valence-corrected chi connectivity index (χ1v) is 11.3. The largest absolute Gasteiger partial charge is 0.486 e. The SMILES string of the molecule is C=CCn1c(COc2ccc(C)cc2)nnc1SCC(=O)NC1CCCCCC1. The van der Waals surface area contributed by atoms with Gasteiger partial charge in [0.1, 0.15) is 12.4 Å². The molecule has 0 saturated heterocycles. The Balaban J connectivity index is 1.55. The number of aromatic nitrogens is 3. The summed E-state index contributed by atoms with van der Waals surface area (Å²) in [5.41, 5.74) is 1.19. The lowest BCUT2D eigenvalue weighted by Crippen LogP contribution is -2.35. The molecule has 6 nitrogen and oxygen atoms in total. The minimum Gasteiger partial charge on any atom is -0.486 e. The quantitative estimate of drug-likeness (QED) is 0.377. The van der Waals surface area contributed by atoms with Crippen LogP contribution in [-0.2, 0) is 17.9 Å². The van der Waals surface area contributed by atoms with Crippen LogP contribution < -0.4 is 10.1 Å². The second-order valence-electron chi connectivity index (χ2n) is 7.44. The maximum absolute atomic E-state index is 12.4. The number of hydrogen-bond donors (Lipinski definition) is 1. The van der Waals surface area contributed by atoms with E-state index in [9.17, 15) is 4.79 Å². The van der Waals surface area contributed by atoms with E-state index in [1.54, 1.807) is 6.08 Å². The van der Waals surface area contributed by atoms with Gasteiger partial charge in [-0.3, -0.25) is 9.36 Å². The van der Waals surface area contributed by atoms with E-state index in [0.29, 0.717) is 30.1 Å². The van der Waals surface area contributed by atoms with Gasteiger partial charge in [0.25, 0.3) is 0 Å². The predicted molar refractivity (Wildman–Crippen MR) is 116 cm³/mol. The van der Waals surface area contributed by atoms with Crippen LogP contribution in [0.4, 0.5) is 0 Å². The number of carbonyl (C=O) groups excluding carboxylic acids is 1. The molecule has 1 saturated carbocycles. The highest BCUT2D eigenvalue weighted by Gasteiger charge is 2.17. The average Bonchev–Trinajstić information content (AvgIpc) is 2.91. The molecule has 0 bridgehead atoms. The van der Waals surface area contributed by atoms with Crippen molar-refractivity contribution in [1.29, 1.82) is 0 Å². The van der Waals surface area contributed by atoms with Gasteiger partial charge in [-0.2, -0.15) is 0 Å². The average molecular weight is 415 g/mol. The molecule has 1 aromatic heterocycles. The van der Waals surface area contributed by atoms with Crippen molar-refractivity contribution in [2.75, 3.05) is 5.75 Å². The number of nitrogens with zero attached hydrogens (tertiary/aromatic N) is 3. The third-order valence-electron chi connectivity index (χ3n) is 5.05. The summed E-state index contributed by atoms with van der Waals surface area (Å²) in [6.07, 6.45) is 8.94. The molecule has 0 radical (unpaired) electrons. The molecule has 1 aliphatic rings. The van der Waals surface area contributed by atoms with Crippen molar-refractivity contribution in [3.05, 3.63) is 48.3 Å². The number of ether oxygens (including phenoxy) is 1. The molecule has 0 atom stereocenters. The van der Waals surface area contributed by atoms with E-state index in [2.05, 4.69) is 22.1 Å². The summed E-state index contributed by atoms with van der Waals surface area (Å²) in [6.45, 7) is 6.76. The Morgan fingerprint density at radius 1 is 1.24 bits per heavy atom. The predicted octanol–water partition coefficient (Wildman–Crippen LogP) is 4.28. The van der Waals surface area contributed by atoms with E-state index in [1.807, 2.05) is 35.8 Å². The number of rotatable bonds is 9. The van der Waals surface area contributed by atoms with Gasteiger partial charge in [-0.25, -0.2) is 0 Å². The van der Waals surface area contributed by atoms with Crippen molar-refractivity contribution in [3.63, 3.8) is 0 Å². The van der Waals surface area contributed by atoms with Crippen molar-refractivity contribution in [2.45, 2.75) is 69.8 Å². The highest BCUT2D eigenvalue weighted by atomic mass is 32.2. The molecule has 1 N–H and O–H groups in total. The first-order valence-electron chi connectivity index (χ1n) is 10.3. The van der Waals surface area contributed by atoms with Crippen molar-refractivity contribution in [2.24, 2.45) is 0 Å². The van der Waals surface area contributed by atoms with Crippen LogP contribution in [0.15, 0.2) is 42.1 Å². The Bertz CT molecular complexity index is 796. The lowest BCUT2D eigenvalue weighted by Gasteiger charge is -2.16. The zero-order chi connectivity index (χ0) is 20.5. The summed E-state index contributed by atoms with van der Waals surface area (Å²) < 4.78 is 7.79. The number of allylic oxidation sites excluding steroid dienone is 1. The maximum Gasteiger partial charge on any atom is 0.230 e. The molecule has 1 aromatic carbocycles. The van der Waals surface area contributed by atoms with Gasteiger partial charge in [0.05, 0.1) is 5.75 Å².